The summed E-state index contributed by atoms with van der Waals surface area (Å²) in [7, 11) is 4.82. The molecule has 2 atom stereocenters. The minimum atomic E-state index is -0.508. The first kappa shape index (κ1) is 27.1. The topological polar surface area (TPSA) is 85.9 Å². The summed E-state index contributed by atoms with van der Waals surface area (Å²) >= 11 is 0. The lowest BCUT2D eigenvalue weighted by atomic mass is 9.71. The van der Waals surface area contributed by atoms with Crippen LogP contribution in [0, 0.1) is 6.92 Å². The zero-order chi connectivity index (χ0) is 28.4. The summed E-state index contributed by atoms with van der Waals surface area (Å²) in [6.45, 7) is 3.90. The Morgan fingerprint density at radius 3 is 2.15 bits per heavy atom. The lowest BCUT2D eigenvalue weighted by Crippen LogP contribution is -2.37. The molecule has 0 saturated heterocycles. The van der Waals surface area contributed by atoms with Crippen LogP contribution in [0.5, 0.6) is 17.2 Å². The molecule has 3 aromatic carbocycles. The first-order valence-corrected chi connectivity index (χ1v) is 13.3. The summed E-state index contributed by atoms with van der Waals surface area (Å²) in [5, 5.41) is 6.48. The fourth-order valence-electron chi connectivity index (χ4n) is 5.65. The number of ketones is 1. The molecule has 0 bridgehead atoms. The van der Waals surface area contributed by atoms with Crippen LogP contribution in [0.15, 0.2) is 89.3 Å². The van der Waals surface area contributed by atoms with E-state index in [1.807, 2.05) is 80.6 Å². The number of nitrogens with one attached hydrogen (secondary N) is 2. The Hall–Kier alpha value is -4.52. The molecule has 5 rings (SSSR count). The molecule has 1 amide bonds. The standard InChI is InChI=1S/C33H34N2O5/c1-19-6-11-24(12-7-19)35-33(37)30-20(2)34-26-16-23(22-10-15-28(39-4)29(18-22)40-5)17-27(36)32(26)31(30)21-8-13-25(38-3)14-9-21/h6-15,18,23,31,34H,16-17H2,1-5H3,(H,35,37). The van der Waals surface area contributed by atoms with E-state index in [2.05, 4.69) is 10.6 Å². The summed E-state index contributed by atoms with van der Waals surface area (Å²) in [4.78, 5) is 27.7. The number of amides is 1. The van der Waals surface area contributed by atoms with Crippen LogP contribution in [0.1, 0.15) is 48.3 Å². The first-order valence-electron chi connectivity index (χ1n) is 13.3. The second-order valence-electron chi connectivity index (χ2n) is 10.2. The number of dihydropyridines is 1. The summed E-state index contributed by atoms with van der Waals surface area (Å²) in [6, 6.07) is 21.1. The van der Waals surface area contributed by atoms with E-state index >= 15 is 0 Å². The van der Waals surface area contributed by atoms with Crippen LogP contribution in [0.2, 0.25) is 0 Å². The van der Waals surface area contributed by atoms with Gasteiger partial charge in [-0.1, -0.05) is 35.9 Å². The molecule has 0 radical (unpaired) electrons. The van der Waals surface area contributed by atoms with Crippen molar-refractivity contribution in [2.75, 3.05) is 26.6 Å². The molecule has 0 saturated carbocycles. The smallest absolute Gasteiger partial charge is 0.254 e. The SMILES string of the molecule is COc1ccc(C2C(C(=O)Nc3ccc(C)cc3)=C(C)NC3=C2C(=O)CC(c2ccc(OC)c(OC)c2)C3)cc1. The Kier molecular flexibility index (Phi) is 7.65. The Bertz CT molecular complexity index is 1500. The van der Waals surface area contributed by atoms with Crippen molar-refractivity contribution in [2.45, 2.75) is 38.5 Å². The fourth-order valence-corrected chi connectivity index (χ4v) is 5.65. The van der Waals surface area contributed by atoms with E-state index in [4.69, 9.17) is 14.2 Å². The molecule has 1 heterocycles. The highest BCUT2D eigenvalue weighted by Crippen LogP contribution is 2.46. The lowest BCUT2D eigenvalue weighted by molar-refractivity contribution is -0.116. The molecule has 0 aromatic heterocycles. The van der Waals surface area contributed by atoms with Gasteiger partial charge in [0.15, 0.2) is 17.3 Å². The van der Waals surface area contributed by atoms with Crippen LogP contribution in [0.3, 0.4) is 0 Å². The Morgan fingerprint density at radius 1 is 0.825 bits per heavy atom. The molecule has 7 nitrogen and oxygen atoms in total. The molecule has 2 N–H and O–H groups in total. The second kappa shape index (κ2) is 11.3. The molecule has 0 fully saturated rings. The van der Waals surface area contributed by atoms with E-state index in [1.54, 1.807) is 21.3 Å². The van der Waals surface area contributed by atoms with Gasteiger partial charge in [-0.25, -0.2) is 0 Å². The van der Waals surface area contributed by atoms with Gasteiger partial charge in [-0.3, -0.25) is 9.59 Å². The molecule has 0 spiro atoms. The third-order valence-electron chi connectivity index (χ3n) is 7.71. The molecule has 3 aromatic rings. The highest BCUT2D eigenvalue weighted by Gasteiger charge is 2.41. The minimum Gasteiger partial charge on any atom is -0.497 e. The largest absolute Gasteiger partial charge is 0.497 e. The molecular formula is C33H34N2O5. The van der Waals surface area contributed by atoms with Crippen LogP contribution in [-0.4, -0.2) is 33.0 Å². The average Bonchev–Trinajstić information content (AvgIpc) is 2.97. The van der Waals surface area contributed by atoms with Gasteiger partial charge in [-0.15, -0.1) is 0 Å². The monoisotopic (exact) mass is 538 g/mol. The second-order valence-corrected chi connectivity index (χ2v) is 10.2. The zero-order valence-corrected chi connectivity index (χ0v) is 23.5. The molecule has 206 valence electrons. The number of carbonyl (C=O) groups excluding carboxylic acids is 2. The van der Waals surface area contributed by atoms with Crippen LogP contribution in [0.25, 0.3) is 0 Å². The number of hydrogen-bond acceptors (Lipinski definition) is 6. The number of anilines is 1. The van der Waals surface area contributed by atoms with Crippen molar-refractivity contribution in [3.8, 4) is 17.2 Å². The van der Waals surface area contributed by atoms with Gasteiger partial charge in [0.2, 0.25) is 0 Å². The van der Waals surface area contributed by atoms with Gasteiger partial charge in [0.05, 0.1) is 21.3 Å². The Balaban J connectivity index is 1.54. The molecular weight excluding hydrogens is 504 g/mol. The number of rotatable bonds is 7. The van der Waals surface area contributed by atoms with E-state index in [-0.39, 0.29) is 17.6 Å². The highest BCUT2D eigenvalue weighted by molar-refractivity contribution is 6.10. The van der Waals surface area contributed by atoms with Gasteiger partial charge < -0.3 is 24.8 Å². The average molecular weight is 539 g/mol. The molecule has 2 aliphatic rings. The summed E-state index contributed by atoms with van der Waals surface area (Å²) in [5.74, 6) is 1.22. The summed E-state index contributed by atoms with van der Waals surface area (Å²) in [6.07, 6.45) is 0.960. The van der Waals surface area contributed by atoms with E-state index in [9.17, 15) is 9.59 Å². The van der Waals surface area contributed by atoms with E-state index in [0.29, 0.717) is 46.9 Å². The molecule has 1 aliphatic heterocycles. The normalized spacial score (nSPS) is 18.6. The van der Waals surface area contributed by atoms with E-state index < -0.39 is 5.92 Å². The van der Waals surface area contributed by atoms with Gasteiger partial charge >= 0.3 is 0 Å². The van der Waals surface area contributed by atoms with Crippen LogP contribution >= 0.6 is 0 Å². The Morgan fingerprint density at radius 2 is 1.50 bits per heavy atom. The quantitative estimate of drug-likeness (QED) is 0.383. The van der Waals surface area contributed by atoms with E-state index in [0.717, 1.165) is 28.1 Å². The van der Waals surface area contributed by atoms with E-state index in [1.165, 1.54) is 0 Å². The summed E-state index contributed by atoms with van der Waals surface area (Å²) < 4.78 is 16.3. The van der Waals surface area contributed by atoms with Gasteiger partial charge in [0.25, 0.3) is 5.91 Å². The number of hydrogen-bond donors (Lipinski definition) is 2. The Labute approximate surface area is 234 Å². The first-order chi connectivity index (χ1) is 19.3. The molecule has 2 unspecified atom stereocenters. The van der Waals surface area contributed by atoms with Gasteiger partial charge in [-0.05, 0) is 73.7 Å². The van der Waals surface area contributed by atoms with Gasteiger partial charge in [-0.2, -0.15) is 0 Å². The highest BCUT2D eigenvalue weighted by atomic mass is 16.5. The van der Waals surface area contributed by atoms with Crippen molar-refractivity contribution in [2.24, 2.45) is 0 Å². The van der Waals surface area contributed by atoms with Crippen LogP contribution in [-0.2, 0) is 9.59 Å². The minimum absolute atomic E-state index is 0.0162. The number of allylic oxidation sites excluding steroid dienone is 3. The predicted octanol–water partition coefficient (Wildman–Crippen LogP) is 6.02. The van der Waals surface area contributed by atoms with Gasteiger partial charge in [0, 0.05) is 40.6 Å². The summed E-state index contributed by atoms with van der Waals surface area (Å²) in [5.41, 5.74) is 6.42. The maximum Gasteiger partial charge on any atom is 0.254 e. The van der Waals surface area contributed by atoms with Crippen molar-refractivity contribution in [1.29, 1.82) is 0 Å². The van der Waals surface area contributed by atoms with Crippen molar-refractivity contribution < 1.29 is 23.8 Å². The van der Waals surface area contributed by atoms with Crippen molar-refractivity contribution in [3.63, 3.8) is 0 Å². The third kappa shape index (κ3) is 5.19. The van der Waals surface area contributed by atoms with Crippen molar-refractivity contribution in [1.82, 2.24) is 5.32 Å². The number of methoxy groups -OCH3 is 3. The molecule has 7 heteroatoms. The molecule has 1 aliphatic carbocycles. The lowest BCUT2D eigenvalue weighted by Gasteiger charge is -2.37. The number of aryl methyl sites for hydroxylation is 1. The van der Waals surface area contributed by atoms with Crippen LogP contribution < -0.4 is 24.8 Å². The number of Topliss-reactive ketones (excluding diaryl/α,β-unsaturated/α-hetero) is 1. The van der Waals surface area contributed by atoms with Crippen molar-refractivity contribution >= 4 is 17.4 Å². The van der Waals surface area contributed by atoms with Gasteiger partial charge in [0.1, 0.15) is 5.75 Å². The number of ether oxygens (including phenoxy) is 3. The third-order valence-corrected chi connectivity index (χ3v) is 7.71. The predicted molar refractivity (Wildman–Crippen MR) is 155 cm³/mol. The van der Waals surface area contributed by atoms with Crippen LogP contribution in [0.4, 0.5) is 5.69 Å². The fraction of sp³-hybridized carbons (Fsp3) is 0.273. The maximum atomic E-state index is 13.9. The number of benzene rings is 3. The van der Waals surface area contributed by atoms with Crippen molar-refractivity contribution in [3.05, 3.63) is 106 Å². The number of carbonyl (C=O) groups is 2. The zero-order valence-electron chi connectivity index (χ0n) is 23.5. The molecule has 40 heavy (non-hydrogen) atoms. The maximum absolute atomic E-state index is 13.9.